The number of anilines is 6. The second kappa shape index (κ2) is 14.5. The summed E-state index contributed by atoms with van der Waals surface area (Å²) in [5.74, 6) is 0. The van der Waals surface area contributed by atoms with Gasteiger partial charge in [-0.15, -0.1) is 0 Å². The fourth-order valence-corrected chi connectivity index (χ4v) is 9.49. The van der Waals surface area contributed by atoms with E-state index in [2.05, 4.69) is 218 Å². The number of benzene rings is 8. The van der Waals surface area contributed by atoms with Crippen LogP contribution in [0.25, 0.3) is 33.4 Å². The Morgan fingerprint density at radius 2 is 0.930 bits per heavy atom. The van der Waals surface area contributed by atoms with E-state index in [-0.39, 0.29) is 5.41 Å². The van der Waals surface area contributed by atoms with Crippen LogP contribution in [0.2, 0.25) is 0 Å². The van der Waals surface area contributed by atoms with Crippen LogP contribution >= 0.6 is 0 Å². The molecule has 0 unspecified atom stereocenters. The molecule has 0 saturated carbocycles. The molecule has 0 radical (unpaired) electrons. The molecule has 0 heterocycles. The standard InChI is InChI=1S/C55H46N2/c1-55(2)50-31-15-14-29-49(50)53-51(55)36-37-52(54(53)48-30-17-21-40-20-12-13-28-47(40)48)57(46-27-16-22-41(38-46)39-18-6-3-7-19-39)45-34-32-44(33-35-45)56(42-23-8-4-9-24-42)43-25-10-5-11-26-43/h3-11,14-19,21-27,29-38H,12-13,20,28H2,1-2H3. The molecule has 10 rings (SSSR count). The van der Waals surface area contributed by atoms with Gasteiger partial charge in [0.15, 0.2) is 0 Å². The SMILES string of the molecule is CC1(C)c2ccccc2-c2c1ccc(N(c1ccc(N(c3ccccc3)c3ccccc3)cc1)c1cccc(-c3ccccc3)c1)c2-c1cccc2c1CCCC2. The van der Waals surface area contributed by atoms with Crippen molar-refractivity contribution in [1.82, 2.24) is 0 Å². The van der Waals surface area contributed by atoms with Crippen molar-refractivity contribution < 1.29 is 0 Å². The largest absolute Gasteiger partial charge is 0.311 e. The molecule has 0 saturated heterocycles. The van der Waals surface area contributed by atoms with Crippen LogP contribution in [0.3, 0.4) is 0 Å². The van der Waals surface area contributed by atoms with Crippen LogP contribution in [0.1, 0.15) is 48.9 Å². The third-order valence-corrected chi connectivity index (χ3v) is 12.2. The predicted molar refractivity (Wildman–Crippen MR) is 241 cm³/mol. The minimum Gasteiger partial charge on any atom is -0.311 e. The first-order chi connectivity index (χ1) is 28.1. The van der Waals surface area contributed by atoms with Gasteiger partial charge in [0.05, 0.1) is 5.69 Å². The fourth-order valence-electron chi connectivity index (χ4n) is 9.49. The molecular weight excluding hydrogens is 689 g/mol. The summed E-state index contributed by atoms with van der Waals surface area (Å²) in [5, 5.41) is 0. The second-order valence-electron chi connectivity index (χ2n) is 16.0. The van der Waals surface area contributed by atoms with E-state index in [0.717, 1.165) is 41.3 Å². The Balaban J connectivity index is 1.23. The summed E-state index contributed by atoms with van der Waals surface area (Å²) in [6.07, 6.45) is 4.71. The zero-order chi connectivity index (χ0) is 38.3. The molecular formula is C55H46N2. The maximum absolute atomic E-state index is 2.51. The number of aryl methyl sites for hydroxylation is 1. The van der Waals surface area contributed by atoms with Crippen LogP contribution < -0.4 is 9.80 Å². The van der Waals surface area contributed by atoms with E-state index in [1.807, 2.05) is 0 Å². The molecule has 57 heavy (non-hydrogen) atoms. The van der Waals surface area contributed by atoms with E-state index < -0.39 is 0 Å². The topological polar surface area (TPSA) is 6.48 Å². The summed E-state index contributed by atoms with van der Waals surface area (Å²) in [4.78, 5) is 4.84. The van der Waals surface area contributed by atoms with Crippen LogP contribution in [-0.2, 0) is 18.3 Å². The molecule has 8 aromatic carbocycles. The Morgan fingerprint density at radius 1 is 0.386 bits per heavy atom. The van der Waals surface area contributed by atoms with Gasteiger partial charge in [-0.3, -0.25) is 0 Å². The number of nitrogens with zero attached hydrogens (tertiary/aromatic N) is 2. The first-order valence-corrected chi connectivity index (χ1v) is 20.4. The van der Waals surface area contributed by atoms with Gasteiger partial charge >= 0.3 is 0 Å². The zero-order valence-corrected chi connectivity index (χ0v) is 32.7. The Kier molecular flexibility index (Phi) is 8.83. The highest BCUT2D eigenvalue weighted by Crippen LogP contribution is 2.57. The van der Waals surface area contributed by atoms with Crippen molar-refractivity contribution in [3.63, 3.8) is 0 Å². The molecule has 0 amide bonds. The van der Waals surface area contributed by atoms with Crippen molar-refractivity contribution in [3.8, 4) is 33.4 Å². The maximum atomic E-state index is 2.51. The molecule has 276 valence electrons. The van der Waals surface area contributed by atoms with E-state index in [1.54, 1.807) is 0 Å². The molecule has 2 heteroatoms. The summed E-state index contributed by atoms with van der Waals surface area (Å²) in [7, 11) is 0. The summed E-state index contributed by atoms with van der Waals surface area (Å²) in [6.45, 7) is 4.79. The molecule has 8 aromatic rings. The highest BCUT2D eigenvalue weighted by Gasteiger charge is 2.39. The van der Waals surface area contributed by atoms with Gasteiger partial charge < -0.3 is 9.80 Å². The van der Waals surface area contributed by atoms with E-state index in [1.165, 1.54) is 74.2 Å². The zero-order valence-electron chi connectivity index (χ0n) is 32.7. The van der Waals surface area contributed by atoms with Gasteiger partial charge in [0.25, 0.3) is 0 Å². The van der Waals surface area contributed by atoms with Gasteiger partial charge in [0, 0.05) is 39.4 Å². The van der Waals surface area contributed by atoms with Gasteiger partial charge in [0.1, 0.15) is 0 Å². The maximum Gasteiger partial charge on any atom is 0.0546 e. The average Bonchev–Trinajstić information content (AvgIpc) is 3.51. The molecule has 0 bridgehead atoms. The molecule has 2 aliphatic rings. The minimum atomic E-state index is -0.119. The molecule has 0 fully saturated rings. The summed E-state index contributed by atoms with van der Waals surface area (Å²) in [5.41, 5.74) is 20.3. The molecule has 2 nitrogen and oxygen atoms in total. The number of fused-ring (bicyclic) bond motifs is 4. The first kappa shape index (κ1) is 34.8. The van der Waals surface area contributed by atoms with Gasteiger partial charge in [-0.2, -0.15) is 0 Å². The molecule has 2 aliphatic carbocycles. The van der Waals surface area contributed by atoms with E-state index in [9.17, 15) is 0 Å². The van der Waals surface area contributed by atoms with Gasteiger partial charge in [0.2, 0.25) is 0 Å². The summed E-state index contributed by atoms with van der Waals surface area (Å²) < 4.78 is 0. The van der Waals surface area contributed by atoms with Crippen LogP contribution in [-0.4, -0.2) is 0 Å². The molecule has 0 N–H and O–H groups in total. The average molecular weight is 735 g/mol. The highest BCUT2D eigenvalue weighted by molar-refractivity contribution is 6.02. The summed E-state index contributed by atoms with van der Waals surface area (Å²) >= 11 is 0. The first-order valence-electron chi connectivity index (χ1n) is 20.4. The smallest absolute Gasteiger partial charge is 0.0546 e. The third kappa shape index (κ3) is 6.13. The number of para-hydroxylation sites is 2. The van der Waals surface area contributed by atoms with Crippen LogP contribution in [0.15, 0.2) is 194 Å². The Morgan fingerprint density at radius 3 is 1.65 bits per heavy atom. The Bertz CT molecular complexity index is 2660. The number of rotatable bonds is 8. The Hall–Kier alpha value is -6.64. The van der Waals surface area contributed by atoms with E-state index in [0.29, 0.717) is 0 Å². The van der Waals surface area contributed by atoms with Crippen molar-refractivity contribution in [2.75, 3.05) is 9.80 Å². The van der Waals surface area contributed by atoms with Crippen molar-refractivity contribution in [3.05, 3.63) is 216 Å². The molecule has 0 aromatic heterocycles. The lowest BCUT2D eigenvalue weighted by molar-refractivity contribution is 0.660. The molecule has 0 spiro atoms. The normalized spacial score (nSPS) is 13.6. The highest BCUT2D eigenvalue weighted by atomic mass is 15.2. The van der Waals surface area contributed by atoms with Crippen LogP contribution in [0.5, 0.6) is 0 Å². The van der Waals surface area contributed by atoms with Gasteiger partial charge in [-0.25, -0.2) is 0 Å². The molecule has 0 aliphatic heterocycles. The monoisotopic (exact) mass is 734 g/mol. The summed E-state index contributed by atoms with van der Waals surface area (Å²) in [6, 6.07) is 71.3. The quantitative estimate of drug-likeness (QED) is 0.153. The number of hydrogen-bond donors (Lipinski definition) is 0. The lowest BCUT2D eigenvalue weighted by Crippen LogP contribution is -2.17. The van der Waals surface area contributed by atoms with Crippen LogP contribution in [0, 0.1) is 0 Å². The van der Waals surface area contributed by atoms with Gasteiger partial charge in [-0.05, 0) is 142 Å². The molecule has 0 atom stereocenters. The third-order valence-electron chi connectivity index (χ3n) is 12.2. The van der Waals surface area contributed by atoms with Crippen molar-refractivity contribution >= 4 is 34.1 Å². The van der Waals surface area contributed by atoms with Crippen molar-refractivity contribution in [1.29, 1.82) is 0 Å². The van der Waals surface area contributed by atoms with E-state index in [4.69, 9.17) is 0 Å². The minimum absolute atomic E-state index is 0.119. The predicted octanol–water partition coefficient (Wildman–Crippen LogP) is 15.1. The Labute approximate surface area is 337 Å². The number of hydrogen-bond acceptors (Lipinski definition) is 2. The second-order valence-corrected chi connectivity index (χ2v) is 16.0. The van der Waals surface area contributed by atoms with E-state index >= 15 is 0 Å². The fraction of sp³-hybridized carbons (Fsp3) is 0.127. The lowest BCUT2D eigenvalue weighted by Gasteiger charge is -2.32. The lowest BCUT2D eigenvalue weighted by atomic mass is 9.80. The van der Waals surface area contributed by atoms with Crippen LogP contribution in [0.4, 0.5) is 34.1 Å². The van der Waals surface area contributed by atoms with Gasteiger partial charge in [-0.1, -0.05) is 141 Å². The van der Waals surface area contributed by atoms with Crippen molar-refractivity contribution in [2.24, 2.45) is 0 Å². The van der Waals surface area contributed by atoms with Crippen molar-refractivity contribution in [2.45, 2.75) is 44.9 Å².